The predicted molar refractivity (Wildman–Crippen MR) is 68.0 cm³/mol. The number of aliphatic hydroxyl groups excluding tert-OH is 1. The Kier molecular flexibility index (Phi) is 3.52. The molecule has 0 bridgehead atoms. The van der Waals surface area contributed by atoms with Crippen LogP contribution < -0.4 is 0 Å². The first-order chi connectivity index (χ1) is 9.20. The van der Waals surface area contributed by atoms with Gasteiger partial charge < -0.3 is 9.84 Å². The zero-order valence-corrected chi connectivity index (χ0v) is 10.9. The highest BCUT2D eigenvalue weighted by Gasteiger charge is 2.45. The molecule has 3 rings (SSSR count). The first-order valence-corrected chi connectivity index (χ1v) is 6.83. The summed E-state index contributed by atoms with van der Waals surface area (Å²) in [6.07, 6.45) is 3.87. The normalized spacial score (nSPS) is 32.0. The van der Waals surface area contributed by atoms with Crippen molar-refractivity contribution in [2.24, 2.45) is 0 Å². The SMILES string of the molecule is O[C@H]1CN(Cc2ncccc2F)CC[C@@]12CCCO2. The van der Waals surface area contributed by atoms with Crippen LogP contribution in [0.5, 0.6) is 0 Å². The third kappa shape index (κ3) is 2.50. The summed E-state index contributed by atoms with van der Waals surface area (Å²) in [7, 11) is 0. The fourth-order valence-electron chi connectivity index (χ4n) is 3.09. The average molecular weight is 266 g/mol. The van der Waals surface area contributed by atoms with E-state index in [0.29, 0.717) is 18.8 Å². The van der Waals surface area contributed by atoms with Crippen molar-refractivity contribution >= 4 is 0 Å². The van der Waals surface area contributed by atoms with Crippen LogP contribution in [0.1, 0.15) is 25.0 Å². The third-order valence-corrected chi connectivity index (χ3v) is 4.23. The molecular formula is C14H19FN2O2. The minimum Gasteiger partial charge on any atom is -0.389 e. The van der Waals surface area contributed by atoms with Crippen molar-refractivity contribution in [3.63, 3.8) is 0 Å². The molecule has 2 fully saturated rings. The van der Waals surface area contributed by atoms with Gasteiger partial charge in [0.05, 0.1) is 17.4 Å². The molecule has 0 amide bonds. The van der Waals surface area contributed by atoms with Crippen LogP contribution in [-0.4, -0.2) is 46.4 Å². The summed E-state index contributed by atoms with van der Waals surface area (Å²) in [6, 6.07) is 3.01. The van der Waals surface area contributed by atoms with E-state index in [1.807, 2.05) is 4.90 Å². The minimum absolute atomic E-state index is 0.283. The van der Waals surface area contributed by atoms with Gasteiger partial charge >= 0.3 is 0 Å². The molecular weight excluding hydrogens is 247 g/mol. The minimum atomic E-state index is -0.490. The van der Waals surface area contributed by atoms with Crippen LogP contribution in [0.2, 0.25) is 0 Å². The van der Waals surface area contributed by atoms with Gasteiger partial charge in [0, 0.05) is 32.4 Å². The number of rotatable bonds is 2. The van der Waals surface area contributed by atoms with Crippen LogP contribution in [0.4, 0.5) is 4.39 Å². The summed E-state index contributed by atoms with van der Waals surface area (Å²) < 4.78 is 19.3. The number of ether oxygens (including phenoxy) is 1. The lowest BCUT2D eigenvalue weighted by Gasteiger charge is -2.42. The smallest absolute Gasteiger partial charge is 0.146 e. The van der Waals surface area contributed by atoms with Gasteiger partial charge in [-0.2, -0.15) is 0 Å². The standard InChI is InChI=1S/C14H19FN2O2/c15-11-3-1-6-16-12(11)9-17-7-5-14(13(18)10-17)4-2-8-19-14/h1,3,6,13,18H,2,4-5,7-10H2/t13-,14-/m0/s1. The highest BCUT2D eigenvalue weighted by atomic mass is 19.1. The average Bonchev–Trinajstić information content (AvgIpc) is 2.87. The summed E-state index contributed by atoms with van der Waals surface area (Å²) in [6.45, 7) is 2.52. The summed E-state index contributed by atoms with van der Waals surface area (Å²) in [5.74, 6) is -0.283. The first kappa shape index (κ1) is 13.0. The molecule has 0 radical (unpaired) electrons. The molecule has 0 aromatic carbocycles. The number of hydrogen-bond acceptors (Lipinski definition) is 4. The summed E-state index contributed by atoms with van der Waals surface area (Å²) in [5.41, 5.74) is 0.0945. The molecule has 2 saturated heterocycles. The van der Waals surface area contributed by atoms with E-state index in [4.69, 9.17) is 4.74 Å². The number of nitrogens with zero attached hydrogens (tertiary/aromatic N) is 2. The Morgan fingerprint density at radius 1 is 1.53 bits per heavy atom. The Morgan fingerprint density at radius 2 is 2.42 bits per heavy atom. The first-order valence-electron chi connectivity index (χ1n) is 6.83. The largest absolute Gasteiger partial charge is 0.389 e. The number of aromatic nitrogens is 1. The Labute approximate surface area is 112 Å². The molecule has 19 heavy (non-hydrogen) atoms. The zero-order valence-electron chi connectivity index (χ0n) is 10.9. The van der Waals surface area contributed by atoms with Gasteiger partial charge in [0.1, 0.15) is 5.82 Å². The molecule has 104 valence electrons. The molecule has 2 aliphatic heterocycles. The molecule has 1 aromatic heterocycles. The second kappa shape index (κ2) is 5.15. The maximum absolute atomic E-state index is 13.6. The van der Waals surface area contributed by atoms with Crippen molar-refractivity contribution in [1.29, 1.82) is 0 Å². The maximum atomic E-state index is 13.6. The Hall–Kier alpha value is -1.04. The molecule has 1 N–H and O–H groups in total. The fourth-order valence-corrected chi connectivity index (χ4v) is 3.09. The lowest BCUT2D eigenvalue weighted by atomic mass is 9.86. The van der Waals surface area contributed by atoms with E-state index in [1.54, 1.807) is 12.3 Å². The molecule has 2 atom stereocenters. The van der Waals surface area contributed by atoms with Crippen molar-refractivity contribution < 1.29 is 14.2 Å². The molecule has 1 spiro atoms. The highest BCUT2D eigenvalue weighted by molar-refractivity contribution is 5.08. The molecule has 0 unspecified atom stereocenters. The van der Waals surface area contributed by atoms with Crippen molar-refractivity contribution in [2.75, 3.05) is 19.7 Å². The summed E-state index contributed by atoms with van der Waals surface area (Å²) >= 11 is 0. The topological polar surface area (TPSA) is 45.6 Å². The lowest BCUT2D eigenvalue weighted by molar-refractivity contribution is -0.130. The summed E-state index contributed by atoms with van der Waals surface area (Å²) in [5, 5.41) is 10.3. The zero-order chi connectivity index (χ0) is 13.3. The molecule has 0 saturated carbocycles. The predicted octanol–water partition coefficient (Wildman–Crippen LogP) is 1.34. The number of halogens is 1. The molecule has 0 aliphatic carbocycles. The monoisotopic (exact) mass is 266 g/mol. The van der Waals surface area contributed by atoms with Crippen LogP contribution >= 0.6 is 0 Å². The van der Waals surface area contributed by atoms with Crippen LogP contribution in [0, 0.1) is 5.82 Å². The second-order valence-electron chi connectivity index (χ2n) is 5.45. The summed E-state index contributed by atoms with van der Waals surface area (Å²) in [4.78, 5) is 6.10. The highest BCUT2D eigenvalue weighted by Crippen LogP contribution is 2.36. The van der Waals surface area contributed by atoms with Crippen LogP contribution in [0.3, 0.4) is 0 Å². The van der Waals surface area contributed by atoms with Gasteiger partial charge in [-0.1, -0.05) is 0 Å². The Bertz CT molecular complexity index is 449. The van der Waals surface area contributed by atoms with Gasteiger partial charge in [-0.05, 0) is 31.4 Å². The van der Waals surface area contributed by atoms with Crippen LogP contribution in [0.15, 0.2) is 18.3 Å². The van der Waals surface area contributed by atoms with E-state index >= 15 is 0 Å². The molecule has 4 nitrogen and oxygen atoms in total. The lowest BCUT2D eigenvalue weighted by Crippen LogP contribution is -2.54. The number of hydrogen-bond donors (Lipinski definition) is 1. The van der Waals surface area contributed by atoms with Crippen molar-refractivity contribution in [3.05, 3.63) is 29.8 Å². The molecule has 1 aromatic rings. The Balaban J connectivity index is 1.65. The van der Waals surface area contributed by atoms with E-state index < -0.39 is 6.10 Å². The number of likely N-dealkylation sites (tertiary alicyclic amines) is 1. The second-order valence-corrected chi connectivity index (χ2v) is 5.45. The van der Waals surface area contributed by atoms with Crippen molar-refractivity contribution in [1.82, 2.24) is 9.88 Å². The van der Waals surface area contributed by atoms with Crippen molar-refractivity contribution in [3.8, 4) is 0 Å². The number of aliphatic hydroxyl groups is 1. The molecule has 5 heteroatoms. The van der Waals surface area contributed by atoms with E-state index in [-0.39, 0.29) is 11.4 Å². The fraction of sp³-hybridized carbons (Fsp3) is 0.643. The van der Waals surface area contributed by atoms with Gasteiger partial charge in [-0.15, -0.1) is 0 Å². The third-order valence-electron chi connectivity index (χ3n) is 4.23. The van der Waals surface area contributed by atoms with Gasteiger partial charge in [0.2, 0.25) is 0 Å². The van der Waals surface area contributed by atoms with Crippen LogP contribution in [-0.2, 0) is 11.3 Å². The van der Waals surface area contributed by atoms with Crippen LogP contribution in [0.25, 0.3) is 0 Å². The van der Waals surface area contributed by atoms with Crippen molar-refractivity contribution in [2.45, 2.75) is 37.5 Å². The van der Waals surface area contributed by atoms with E-state index in [9.17, 15) is 9.50 Å². The maximum Gasteiger partial charge on any atom is 0.146 e. The van der Waals surface area contributed by atoms with E-state index in [1.165, 1.54) is 6.07 Å². The van der Waals surface area contributed by atoms with Gasteiger partial charge in [0.15, 0.2) is 0 Å². The molecule has 3 heterocycles. The Morgan fingerprint density at radius 3 is 3.11 bits per heavy atom. The quantitative estimate of drug-likeness (QED) is 0.877. The number of piperidine rings is 1. The van der Waals surface area contributed by atoms with Gasteiger partial charge in [0.25, 0.3) is 0 Å². The van der Waals surface area contributed by atoms with Gasteiger partial charge in [-0.25, -0.2) is 4.39 Å². The van der Waals surface area contributed by atoms with Gasteiger partial charge in [-0.3, -0.25) is 9.88 Å². The van der Waals surface area contributed by atoms with E-state index in [0.717, 1.165) is 32.4 Å². The molecule has 2 aliphatic rings. The number of β-amino-alcohol motifs (C(OH)–C–C–N with tert-alkyl or cyclic N) is 1. The number of pyridine rings is 1. The van der Waals surface area contributed by atoms with E-state index in [2.05, 4.69) is 4.98 Å².